The molecule has 0 aromatic heterocycles. The minimum Gasteiger partial charge on any atom is -0.333 e. The fourth-order valence-electron chi connectivity index (χ4n) is 2.19. The third kappa shape index (κ3) is 4.07. The van der Waals surface area contributed by atoms with Crippen LogP contribution in [-0.2, 0) is 6.18 Å². The van der Waals surface area contributed by atoms with Crippen LogP contribution in [0.1, 0.15) is 22.8 Å². The molecule has 1 atom stereocenters. The number of halogens is 5. The van der Waals surface area contributed by atoms with E-state index in [9.17, 15) is 22.4 Å². The summed E-state index contributed by atoms with van der Waals surface area (Å²) in [6.07, 6.45) is -4.67. The van der Waals surface area contributed by atoms with Gasteiger partial charge in [0.25, 0.3) is 5.91 Å². The highest BCUT2D eigenvalue weighted by molar-refractivity contribution is 5.94. The van der Waals surface area contributed by atoms with Gasteiger partial charge >= 0.3 is 6.18 Å². The molecule has 1 aliphatic heterocycles. The minimum atomic E-state index is -4.67. The van der Waals surface area contributed by atoms with E-state index >= 15 is 0 Å². The second-order valence-corrected chi connectivity index (χ2v) is 4.78. The number of benzene rings is 1. The van der Waals surface area contributed by atoms with Gasteiger partial charge in [-0.2, -0.15) is 13.2 Å². The molecular weight excluding hydrogens is 312 g/mol. The van der Waals surface area contributed by atoms with E-state index in [4.69, 9.17) is 0 Å². The highest BCUT2D eigenvalue weighted by atomic mass is 35.5. The van der Waals surface area contributed by atoms with Crippen molar-refractivity contribution < 1.29 is 22.4 Å². The third-order valence-corrected chi connectivity index (χ3v) is 3.23. The highest BCUT2D eigenvalue weighted by Gasteiger charge is 2.33. The molecule has 1 fully saturated rings. The van der Waals surface area contributed by atoms with Crippen molar-refractivity contribution in [3.8, 4) is 0 Å². The van der Waals surface area contributed by atoms with E-state index < -0.39 is 23.5 Å². The van der Waals surface area contributed by atoms with Gasteiger partial charge < -0.3 is 10.2 Å². The predicted molar refractivity (Wildman–Crippen MR) is 72.0 cm³/mol. The Labute approximate surface area is 125 Å². The van der Waals surface area contributed by atoms with Crippen LogP contribution >= 0.6 is 12.4 Å². The number of nitrogens with zero attached hydrogens (tertiary/aromatic N) is 1. The Hall–Kier alpha value is -1.34. The molecule has 1 aromatic carbocycles. The number of piperazine rings is 1. The van der Waals surface area contributed by atoms with E-state index in [-0.39, 0.29) is 24.0 Å². The standard InChI is InChI=1S/C13H14F4N2O.ClH/c1-8-7-18-2-3-19(8)12(20)9-4-10(13(15,16)17)6-11(14)5-9;/h4-6,8,18H,2-3,7H2,1H3;1H/t8-;/m1./s1. The Morgan fingerprint density at radius 3 is 2.57 bits per heavy atom. The summed E-state index contributed by atoms with van der Waals surface area (Å²) in [5.74, 6) is -1.64. The number of hydrogen-bond acceptors (Lipinski definition) is 2. The molecule has 3 nitrogen and oxygen atoms in total. The number of carbonyl (C=O) groups excluding carboxylic acids is 1. The molecule has 0 unspecified atom stereocenters. The average molecular weight is 327 g/mol. The average Bonchev–Trinajstić information content (AvgIpc) is 2.37. The molecule has 1 aliphatic rings. The fraction of sp³-hybridized carbons (Fsp3) is 0.462. The Balaban J connectivity index is 0.00000220. The lowest BCUT2D eigenvalue weighted by atomic mass is 10.1. The molecule has 1 heterocycles. The van der Waals surface area contributed by atoms with E-state index in [1.807, 2.05) is 0 Å². The van der Waals surface area contributed by atoms with Gasteiger partial charge in [0.15, 0.2) is 0 Å². The maximum atomic E-state index is 13.3. The van der Waals surface area contributed by atoms with Crippen molar-refractivity contribution >= 4 is 18.3 Å². The first kappa shape index (κ1) is 17.7. The first-order chi connectivity index (χ1) is 9.29. The smallest absolute Gasteiger partial charge is 0.333 e. The zero-order valence-electron chi connectivity index (χ0n) is 11.2. The largest absolute Gasteiger partial charge is 0.416 e. The van der Waals surface area contributed by atoms with Crippen molar-refractivity contribution in [1.82, 2.24) is 10.2 Å². The summed E-state index contributed by atoms with van der Waals surface area (Å²) >= 11 is 0. The zero-order chi connectivity index (χ0) is 14.9. The van der Waals surface area contributed by atoms with Gasteiger partial charge in [0.2, 0.25) is 0 Å². The van der Waals surface area contributed by atoms with E-state index in [1.165, 1.54) is 4.90 Å². The first-order valence-corrected chi connectivity index (χ1v) is 6.18. The van der Waals surface area contributed by atoms with E-state index in [1.54, 1.807) is 6.92 Å². The molecule has 0 radical (unpaired) electrons. The van der Waals surface area contributed by atoms with Crippen LogP contribution in [0.2, 0.25) is 0 Å². The van der Waals surface area contributed by atoms with Crippen LogP contribution in [0.5, 0.6) is 0 Å². The van der Waals surface area contributed by atoms with Crippen molar-refractivity contribution in [2.24, 2.45) is 0 Å². The monoisotopic (exact) mass is 326 g/mol. The molecule has 1 N–H and O–H groups in total. The van der Waals surface area contributed by atoms with Crippen molar-refractivity contribution in [3.05, 3.63) is 35.1 Å². The van der Waals surface area contributed by atoms with Crippen LogP contribution in [-0.4, -0.2) is 36.5 Å². The van der Waals surface area contributed by atoms with Crippen molar-refractivity contribution in [2.45, 2.75) is 19.1 Å². The van der Waals surface area contributed by atoms with Gasteiger partial charge in [-0.1, -0.05) is 0 Å². The number of rotatable bonds is 1. The number of carbonyl (C=O) groups is 1. The van der Waals surface area contributed by atoms with Gasteiger partial charge in [0.1, 0.15) is 5.82 Å². The highest BCUT2D eigenvalue weighted by Crippen LogP contribution is 2.30. The summed E-state index contributed by atoms with van der Waals surface area (Å²) < 4.78 is 51.2. The van der Waals surface area contributed by atoms with Crippen LogP contribution in [0, 0.1) is 5.82 Å². The molecule has 1 saturated heterocycles. The summed E-state index contributed by atoms with van der Waals surface area (Å²) in [6.45, 7) is 3.30. The van der Waals surface area contributed by atoms with E-state index in [0.717, 1.165) is 6.07 Å². The minimum absolute atomic E-state index is 0. The van der Waals surface area contributed by atoms with Gasteiger partial charge in [-0.05, 0) is 25.1 Å². The predicted octanol–water partition coefficient (Wildman–Crippen LogP) is 2.70. The van der Waals surface area contributed by atoms with Crippen LogP contribution < -0.4 is 5.32 Å². The zero-order valence-corrected chi connectivity index (χ0v) is 12.0. The number of alkyl halides is 3. The van der Waals surface area contributed by atoms with Gasteiger partial charge in [-0.25, -0.2) is 4.39 Å². The molecular formula is C13H15ClF4N2O. The van der Waals surface area contributed by atoms with Crippen LogP contribution in [0.15, 0.2) is 18.2 Å². The summed E-state index contributed by atoms with van der Waals surface area (Å²) in [5.41, 5.74) is -1.42. The second-order valence-electron chi connectivity index (χ2n) is 4.78. The van der Waals surface area contributed by atoms with Crippen molar-refractivity contribution in [2.75, 3.05) is 19.6 Å². The van der Waals surface area contributed by atoms with E-state index in [0.29, 0.717) is 31.8 Å². The van der Waals surface area contributed by atoms with Crippen molar-refractivity contribution in [1.29, 1.82) is 0 Å². The topological polar surface area (TPSA) is 32.3 Å². The summed E-state index contributed by atoms with van der Waals surface area (Å²) in [7, 11) is 0. The lowest BCUT2D eigenvalue weighted by Gasteiger charge is -2.34. The number of hydrogen-bond donors (Lipinski definition) is 1. The maximum absolute atomic E-state index is 13.3. The molecule has 1 amide bonds. The lowest BCUT2D eigenvalue weighted by molar-refractivity contribution is -0.137. The molecule has 0 spiro atoms. The number of amides is 1. The van der Waals surface area contributed by atoms with Gasteiger partial charge in [-0.3, -0.25) is 4.79 Å². The normalized spacial score (nSPS) is 19.1. The van der Waals surface area contributed by atoms with Gasteiger partial charge in [0, 0.05) is 31.2 Å². The van der Waals surface area contributed by atoms with Crippen molar-refractivity contribution in [3.63, 3.8) is 0 Å². The molecule has 0 aliphatic carbocycles. The van der Waals surface area contributed by atoms with E-state index in [2.05, 4.69) is 5.32 Å². The van der Waals surface area contributed by atoms with Gasteiger partial charge in [-0.15, -0.1) is 12.4 Å². The summed E-state index contributed by atoms with van der Waals surface area (Å²) in [5, 5.41) is 3.07. The Morgan fingerprint density at radius 2 is 2.00 bits per heavy atom. The SMILES string of the molecule is C[C@@H]1CNCCN1C(=O)c1cc(F)cc(C(F)(F)F)c1.Cl. The van der Waals surface area contributed by atoms with Gasteiger partial charge in [0.05, 0.1) is 5.56 Å². The molecule has 0 saturated carbocycles. The first-order valence-electron chi connectivity index (χ1n) is 6.18. The molecule has 8 heteroatoms. The Bertz CT molecular complexity index is 521. The second kappa shape index (κ2) is 6.62. The third-order valence-electron chi connectivity index (χ3n) is 3.23. The molecule has 21 heavy (non-hydrogen) atoms. The van der Waals surface area contributed by atoms with Crippen LogP contribution in [0.3, 0.4) is 0 Å². The molecule has 2 rings (SSSR count). The summed E-state index contributed by atoms with van der Waals surface area (Å²) in [4.78, 5) is 13.7. The quantitative estimate of drug-likeness (QED) is 0.805. The fourth-order valence-corrected chi connectivity index (χ4v) is 2.19. The summed E-state index contributed by atoms with van der Waals surface area (Å²) in [6, 6.07) is 1.78. The molecule has 118 valence electrons. The Morgan fingerprint density at radius 1 is 1.33 bits per heavy atom. The molecule has 1 aromatic rings. The van der Waals surface area contributed by atoms with Crippen LogP contribution in [0.25, 0.3) is 0 Å². The number of nitrogens with one attached hydrogen (secondary N) is 1. The maximum Gasteiger partial charge on any atom is 0.416 e. The van der Waals surface area contributed by atoms with Crippen LogP contribution in [0.4, 0.5) is 17.6 Å². The molecule has 0 bridgehead atoms. The Kier molecular flexibility index (Phi) is 5.58. The lowest BCUT2D eigenvalue weighted by Crippen LogP contribution is -2.52.